The Labute approximate surface area is 128 Å². The summed E-state index contributed by atoms with van der Waals surface area (Å²) in [5.74, 6) is 0.408. The van der Waals surface area contributed by atoms with Crippen molar-refractivity contribution in [3.8, 4) is 0 Å². The number of carbonyl (C=O) groups is 1. The van der Waals surface area contributed by atoms with Crippen LogP contribution in [0.3, 0.4) is 0 Å². The Balaban J connectivity index is 1.88. The fourth-order valence-corrected chi connectivity index (χ4v) is 1.99. The number of hydrogen-bond acceptors (Lipinski definition) is 4. The summed E-state index contributed by atoms with van der Waals surface area (Å²) >= 11 is 6.11. The maximum absolute atomic E-state index is 12.0. The fraction of sp³-hybridized carbons (Fsp3) is 0.357. The number of nitrogens with one attached hydrogen (secondary N) is 2. The normalized spacial score (nSPS) is 10.4. The van der Waals surface area contributed by atoms with E-state index in [1.807, 2.05) is 12.3 Å². The lowest BCUT2D eigenvalue weighted by atomic mass is 10.2. The van der Waals surface area contributed by atoms with Crippen LogP contribution in [0.4, 0.5) is 5.82 Å². The molecule has 0 aliphatic rings. The third-order valence-corrected chi connectivity index (χ3v) is 3.12. The van der Waals surface area contributed by atoms with E-state index in [4.69, 9.17) is 11.6 Å². The van der Waals surface area contributed by atoms with Gasteiger partial charge in [0, 0.05) is 31.7 Å². The summed E-state index contributed by atoms with van der Waals surface area (Å²) in [5.41, 5.74) is 0.447. The van der Waals surface area contributed by atoms with E-state index in [0.717, 1.165) is 13.0 Å². The van der Waals surface area contributed by atoms with Crippen LogP contribution in [0.25, 0.3) is 0 Å². The van der Waals surface area contributed by atoms with Crippen LogP contribution in [-0.2, 0) is 6.54 Å². The summed E-state index contributed by atoms with van der Waals surface area (Å²) in [6.07, 6.45) is 6.05. The van der Waals surface area contributed by atoms with Gasteiger partial charge in [-0.1, -0.05) is 18.5 Å². The molecule has 7 heteroatoms. The van der Waals surface area contributed by atoms with Crippen molar-refractivity contribution in [3.63, 3.8) is 0 Å². The van der Waals surface area contributed by atoms with Gasteiger partial charge < -0.3 is 10.6 Å². The van der Waals surface area contributed by atoms with E-state index in [1.54, 1.807) is 16.9 Å². The number of rotatable bonds is 7. The first-order valence-corrected chi connectivity index (χ1v) is 7.23. The van der Waals surface area contributed by atoms with Crippen molar-refractivity contribution in [1.29, 1.82) is 0 Å². The molecule has 2 rings (SSSR count). The van der Waals surface area contributed by atoms with Gasteiger partial charge in [0.05, 0.1) is 17.1 Å². The summed E-state index contributed by atoms with van der Waals surface area (Å²) in [5, 5.41) is 10.4. The Morgan fingerprint density at radius 2 is 2.29 bits per heavy atom. The number of pyridine rings is 1. The van der Waals surface area contributed by atoms with Crippen LogP contribution in [0.15, 0.2) is 30.7 Å². The number of hydrogen-bond donors (Lipinski definition) is 2. The second kappa shape index (κ2) is 7.64. The van der Waals surface area contributed by atoms with E-state index in [-0.39, 0.29) is 5.91 Å². The molecular weight excluding hydrogens is 290 g/mol. The van der Waals surface area contributed by atoms with Crippen molar-refractivity contribution in [2.24, 2.45) is 0 Å². The Morgan fingerprint density at radius 1 is 1.43 bits per heavy atom. The highest BCUT2D eigenvalue weighted by atomic mass is 35.5. The molecule has 112 valence electrons. The first kappa shape index (κ1) is 15.3. The fourth-order valence-electron chi connectivity index (χ4n) is 1.75. The topological polar surface area (TPSA) is 71.8 Å². The molecule has 0 saturated heterocycles. The van der Waals surface area contributed by atoms with Crippen LogP contribution < -0.4 is 10.6 Å². The second-order valence-electron chi connectivity index (χ2n) is 4.51. The van der Waals surface area contributed by atoms with Gasteiger partial charge in [-0.05, 0) is 18.6 Å². The summed E-state index contributed by atoms with van der Waals surface area (Å²) in [4.78, 5) is 16.2. The minimum absolute atomic E-state index is 0.196. The average Bonchev–Trinajstić information content (AvgIpc) is 2.99. The molecule has 0 radical (unpaired) electrons. The number of aromatic nitrogens is 3. The molecule has 0 atom stereocenters. The number of amides is 1. The minimum atomic E-state index is -0.196. The SMILES string of the molecule is CCCNc1ncc(C(=O)NCCn2cccn2)cc1Cl. The van der Waals surface area contributed by atoms with Gasteiger partial charge in [-0.25, -0.2) is 4.98 Å². The molecule has 2 heterocycles. The van der Waals surface area contributed by atoms with E-state index in [9.17, 15) is 4.79 Å². The Kier molecular flexibility index (Phi) is 5.57. The van der Waals surface area contributed by atoms with Gasteiger partial charge >= 0.3 is 0 Å². The third-order valence-electron chi connectivity index (χ3n) is 2.83. The van der Waals surface area contributed by atoms with E-state index in [2.05, 4.69) is 27.6 Å². The monoisotopic (exact) mass is 307 g/mol. The third kappa shape index (κ3) is 4.46. The van der Waals surface area contributed by atoms with E-state index < -0.39 is 0 Å². The van der Waals surface area contributed by atoms with Crippen LogP contribution in [0.2, 0.25) is 5.02 Å². The van der Waals surface area contributed by atoms with Crippen LogP contribution in [0.5, 0.6) is 0 Å². The predicted octanol–water partition coefficient (Wildman–Crippen LogP) is 2.18. The second-order valence-corrected chi connectivity index (χ2v) is 4.91. The van der Waals surface area contributed by atoms with Crippen molar-refractivity contribution >= 4 is 23.3 Å². The van der Waals surface area contributed by atoms with Gasteiger partial charge in [0.2, 0.25) is 0 Å². The molecule has 0 spiro atoms. The van der Waals surface area contributed by atoms with Gasteiger partial charge in [-0.3, -0.25) is 9.48 Å². The lowest BCUT2D eigenvalue weighted by molar-refractivity contribution is 0.0951. The first-order valence-electron chi connectivity index (χ1n) is 6.85. The van der Waals surface area contributed by atoms with Gasteiger partial charge in [-0.2, -0.15) is 5.10 Å². The largest absolute Gasteiger partial charge is 0.369 e. The molecule has 0 aliphatic heterocycles. The zero-order valence-electron chi connectivity index (χ0n) is 11.8. The molecule has 0 fully saturated rings. The number of nitrogens with zero attached hydrogens (tertiary/aromatic N) is 3. The van der Waals surface area contributed by atoms with Gasteiger partial charge in [0.1, 0.15) is 5.82 Å². The molecule has 2 N–H and O–H groups in total. The Morgan fingerprint density at radius 3 is 2.95 bits per heavy atom. The highest BCUT2D eigenvalue weighted by Crippen LogP contribution is 2.19. The molecule has 0 aliphatic carbocycles. The van der Waals surface area contributed by atoms with Crippen molar-refractivity contribution in [3.05, 3.63) is 41.3 Å². The molecule has 2 aromatic rings. The molecule has 0 saturated carbocycles. The highest BCUT2D eigenvalue weighted by molar-refractivity contribution is 6.33. The number of carbonyl (C=O) groups excluding carboxylic acids is 1. The van der Waals surface area contributed by atoms with Crippen molar-refractivity contribution in [2.75, 3.05) is 18.4 Å². The molecule has 21 heavy (non-hydrogen) atoms. The lowest BCUT2D eigenvalue weighted by Crippen LogP contribution is -2.27. The molecule has 0 unspecified atom stereocenters. The van der Waals surface area contributed by atoms with Crippen LogP contribution in [0.1, 0.15) is 23.7 Å². The number of anilines is 1. The van der Waals surface area contributed by atoms with Gasteiger partial charge in [-0.15, -0.1) is 0 Å². The van der Waals surface area contributed by atoms with Crippen LogP contribution >= 0.6 is 11.6 Å². The summed E-state index contributed by atoms with van der Waals surface area (Å²) in [7, 11) is 0. The standard InChI is InChI=1S/C14H18ClN5O/c1-2-4-16-13-12(15)9-11(10-18-13)14(21)17-6-8-20-7-3-5-19-20/h3,5,7,9-10H,2,4,6,8H2,1H3,(H,16,18)(H,17,21). The Hall–Kier alpha value is -2.08. The van der Waals surface area contributed by atoms with Crippen molar-refractivity contribution < 1.29 is 4.79 Å². The predicted molar refractivity (Wildman–Crippen MR) is 82.6 cm³/mol. The van der Waals surface area contributed by atoms with E-state index >= 15 is 0 Å². The zero-order valence-corrected chi connectivity index (χ0v) is 12.6. The Bertz CT molecular complexity index is 585. The van der Waals surface area contributed by atoms with Crippen molar-refractivity contribution in [1.82, 2.24) is 20.1 Å². The molecule has 0 aromatic carbocycles. The summed E-state index contributed by atoms with van der Waals surface area (Å²) in [6, 6.07) is 3.46. The first-order chi connectivity index (χ1) is 10.2. The maximum Gasteiger partial charge on any atom is 0.252 e. The quantitative estimate of drug-likeness (QED) is 0.822. The van der Waals surface area contributed by atoms with E-state index in [1.165, 1.54) is 6.20 Å². The van der Waals surface area contributed by atoms with Crippen molar-refractivity contribution in [2.45, 2.75) is 19.9 Å². The lowest BCUT2D eigenvalue weighted by Gasteiger charge is -2.09. The molecule has 2 aromatic heterocycles. The smallest absolute Gasteiger partial charge is 0.252 e. The van der Waals surface area contributed by atoms with Crippen LogP contribution in [-0.4, -0.2) is 33.8 Å². The van der Waals surface area contributed by atoms with Gasteiger partial charge in [0.15, 0.2) is 0 Å². The van der Waals surface area contributed by atoms with Gasteiger partial charge in [0.25, 0.3) is 5.91 Å². The zero-order chi connectivity index (χ0) is 15.1. The van der Waals surface area contributed by atoms with E-state index in [0.29, 0.717) is 29.5 Å². The molecule has 6 nitrogen and oxygen atoms in total. The van der Waals surface area contributed by atoms with Crippen LogP contribution in [0, 0.1) is 0 Å². The molecule has 0 bridgehead atoms. The number of halogens is 1. The minimum Gasteiger partial charge on any atom is -0.369 e. The molecule has 1 amide bonds. The maximum atomic E-state index is 12.0. The summed E-state index contributed by atoms with van der Waals surface area (Å²) in [6.45, 7) is 3.97. The average molecular weight is 308 g/mol. The molecular formula is C14H18ClN5O. The highest BCUT2D eigenvalue weighted by Gasteiger charge is 2.09. The summed E-state index contributed by atoms with van der Waals surface area (Å²) < 4.78 is 1.75.